The van der Waals surface area contributed by atoms with Gasteiger partial charge in [-0.05, 0) is 30.5 Å². The molecule has 1 unspecified atom stereocenters. The minimum atomic E-state index is -4.11. The van der Waals surface area contributed by atoms with E-state index in [4.69, 9.17) is 5.73 Å². The molecule has 0 aromatic heterocycles. The van der Waals surface area contributed by atoms with Crippen LogP contribution < -0.4 is 5.73 Å². The van der Waals surface area contributed by atoms with Crippen molar-refractivity contribution in [2.75, 3.05) is 20.1 Å². The average molecular weight is 302 g/mol. The van der Waals surface area contributed by atoms with Crippen molar-refractivity contribution in [3.05, 3.63) is 35.4 Å². The number of rotatable bonds is 7. The molecule has 1 atom stereocenters. The van der Waals surface area contributed by atoms with Crippen LogP contribution in [0.5, 0.6) is 0 Å². The lowest BCUT2D eigenvalue weighted by molar-refractivity contribution is -0.137. The summed E-state index contributed by atoms with van der Waals surface area (Å²) < 4.78 is 36.5. The van der Waals surface area contributed by atoms with Crippen molar-refractivity contribution in [3.8, 4) is 0 Å². The van der Waals surface area contributed by atoms with Gasteiger partial charge in [-0.15, -0.1) is 0 Å². The molecular formula is C16H25F3N2. The minimum absolute atomic E-state index is 0.0252. The molecule has 0 spiro atoms. The summed E-state index contributed by atoms with van der Waals surface area (Å²) in [7, 11) is 1.67. The molecule has 2 nitrogen and oxygen atoms in total. The Labute approximate surface area is 125 Å². The summed E-state index contributed by atoms with van der Waals surface area (Å²) in [5.74, 6) is 0.595. The van der Waals surface area contributed by atoms with Crippen LogP contribution >= 0.6 is 0 Å². The Morgan fingerprint density at radius 1 is 1.14 bits per heavy atom. The van der Waals surface area contributed by atoms with E-state index in [1.165, 1.54) is 5.56 Å². The molecule has 5 heteroatoms. The average Bonchev–Trinajstić information content (AvgIpc) is 2.35. The number of hydrogen-bond acceptors (Lipinski definition) is 2. The Hall–Kier alpha value is -1.07. The Kier molecular flexibility index (Phi) is 6.68. The standard InChI is InChI=1S/C16H25F3N2/c1-12(2)10-13-4-6-14(7-5-13)15(20)11-21(3)9-8-16(17,18)19/h4-7,12,15H,8-11,20H2,1-3H3. The van der Waals surface area contributed by atoms with Crippen molar-refractivity contribution in [3.63, 3.8) is 0 Å². The third-order valence-corrected chi connectivity index (χ3v) is 3.34. The molecule has 1 rings (SSSR count). The molecule has 2 N–H and O–H groups in total. The molecule has 0 aliphatic rings. The third-order valence-electron chi connectivity index (χ3n) is 3.34. The summed E-state index contributed by atoms with van der Waals surface area (Å²) >= 11 is 0. The van der Waals surface area contributed by atoms with Crippen LogP contribution in [0.2, 0.25) is 0 Å². The van der Waals surface area contributed by atoms with Gasteiger partial charge in [0.15, 0.2) is 0 Å². The highest BCUT2D eigenvalue weighted by Gasteiger charge is 2.27. The molecule has 1 aromatic rings. The van der Waals surface area contributed by atoms with E-state index >= 15 is 0 Å². The number of likely N-dealkylation sites (N-methyl/N-ethyl adjacent to an activating group) is 1. The number of nitrogens with two attached hydrogens (primary N) is 1. The van der Waals surface area contributed by atoms with Gasteiger partial charge in [0, 0.05) is 19.1 Å². The second-order valence-corrected chi connectivity index (χ2v) is 6.07. The van der Waals surface area contributed by atoms with Gasteiger partial charge in [0.1, 0.15) is 0 Å². The molecule has 0 amide bonds. The molecule has 0 bridgehead atoms. The van der Waals surface area contributed by atoms with Gasteiger partial charge in [-0.2, -0.15) is 13.2 Å². The van der Waals surface area contributed by atoms with Crippen LogP contribution in [0.15, 0.2) is 24.3 Å². The summed E-state index contributed by atoms with van der Waals surface area (Å²) in [5, 5.41) is 0. The van der Waals surface area contributed by atoms with Gasteiger partial charge in [-0.1, -0.05) is 38.1 Å². The van der Waals surface area contributed by atoms with Crippen molar-refractivity contribution < 1.29 is 13.2 Å². The van der Waals surface area contributed by atoms with E-state index in [0.29, 0.717) is 12.5 Å². The first-order valence-corrected chi connectivity index (χ1v) is 7.27. The number of nitrogens with zero attached hydrogens (tertiary/aromatic N) is 1. The van der Waals surface area contributed by atoms with Crippen LogP contribution in [0.1, 0.15) is 37.4 Å². The maximum atomic E-state index is 12.2. The normalized spacial score (nSPS) is 14.0. The van der Waals surface area contributed by atoms with Gasteiger partial charge in [0.05, 0.1) is 6.42 Å². The summed E-state index contributed by atoms with van der Waals surface area (Å²) in [4.78, 5) is 1.63. The lowest BCUT2D eigenvalue weighted by Crippen LogP contribution is -2.31. The SMILES string of the molecule is CC(C)Cc1ccc(C(N)CN(C)CCC(F)(F)F)cc1. The van der Waals surface area contributed by atoms with E-state index in [2.05, 4.69) is 13.8 Å². The molecule has 21 heavy (non-hydrogen) atoms. The van der Waals surface area contributed by atoms with Crippen LogP contribution in [0.25, 0.3) is 0 Å². The first-order valence-electron chi connectivity index (χ1n) is 7.27. The molecule has 0 fully saturated rings. The van der Waals surface area contributed by atoms with Crippen molar-refractivity contribution in [2.45, 2.75) is 38.9 Å². The highest BCUT2D eigenvalue weighted by molar-refractivity contribution is 5.25. The van der Waals surface area contributed by atoms with Crippen molar-refractivity contribution in [1.29, 1.82) is 0 Å². The molecule has 0 heterocycles. The zero-order valence-corrected chi connectivity index (χ0v) is 13.0. The first-order chi connectivity index (χ1) is 9.67. The first kappa shape index (κ1) is 18.0. The van der Waals surface area contributed by atoms with E-state index in [-0.39, 0.29) is 12.6 Å². The maximum Gasteiger partial charge on any atom is 0.390 e. The molecule has 120 valence electrons. The number of hydrogen-bond donors (Lipinski definition) is 1. The second kappa shape index (κ2) is 7.80. The zero-order chi connectivity index (χ0) is 16.0. The zero-order valence-electron chi connectivity index (χ0n) is 13.0. The largest absolute Gasteiger partial charge is 0.390 e. The molecule has 0 saturated carbocycles. The van der Waals surface area contributed by atoms with Crippen molar-refractivity contribution in [2.24, 2.45) is 11.7 Å². The van der Waals surface area contributed by atoms with Crippen molar-refractivity contribution >= 4 is 0 Å². The lowest BCUT2D eigenvalue weighted by Gasteiger charge is -2.22. The summed E-state index contributed by atoms with van der Waals surface area (Å²) in [5.41, 5.74) is 8.28. The summed E-state index contributed by atoms with van der Waals surface area (Å²) in [6, 6.07) is 7.77. The smallest absolute Gasteiger partial charge is 0.323 e. The number of benzene rings is 1. The monoisotopic (exact) mass is 302 g/mol. The van der Waals surface area contributed by atoms with Crippen LogP contribution in [0.3, 0.4) is 0 Å². The summed E-state index contributed by atoms with van der Waals surface area (Å²) in [6.45, 7) is 4.72. The fraction of sp³-hybridized carbons (Fsp3) is 0.625. The van der Waals surface area contributed by atoms with Gasteiger partial charge in [-0.3, -0.25) is 0 Å². The van der Waals surface area contributed by atoms with E-state index in [1.54, 1.807) is 11.9 Å². The molecule has 0 radical (unpaired) electrons. The fourth-order valence-electron chi connectivity index (χ4n) is 2.22. The summed E-state index contributed by atoms with van der Waals surface area (Å²) in [6.07, 6.45) is -3.90. The number of alkyl halides is 3. The molecule has 0 saturated heterocycles. The topological polar surface area (TPSA) is 29.3 Å². The predicted octanol–water partition coefficient (Wildman–Crippen LogP) is 3.77. The molecule has 1 aromatic carbocycles. The number of halogens is 3. The predicted molar refractivity (Wildman–Crippen MR) is 80.1 cm³/mol. The van der Waals surface area contributed by atoms with E-state index < -0.39 is 12.6 Å². The Morgan fingerprint density at radius 2 is 1.71 bits per heavy atom. The van der Waals surface area contributed by atoms with E-state index in [1.807, 2.05) is 24.3 Å². The quantitative estimate of drug-likeness (QED) is 0.831. The van der Waals surface area contributed by atoms with Crippen LogP contribution in [0.4, 0.5) is 13.2 Å². The molecule has 0 aliphatic carbocycles. The van der Waals surface area contributed by atoms with Crippen molar-refractivity contribution in [1.82, 2.24) is 4.90 Å². The third kappa shape index (κ3) is 7.48. The van der Waals surface area contributed by atoms with Crippen LogP contribution in [-0.4, -0.2) is 31.2 Å². The van der Waals surface area contributed by atoms with E-state index in [0.717, 1.165) is 12.0 Å². The fourth-order valence-corrected chi connectivity index (χ4v) is 2.22. The van der Waals surface area contributed by atoms with Gasteiger partial charge in [0.25, 0.3) is 0 Å². The van der Waals surface area contributed by atoms with Gasteiger partial charge in [-0.25, -0.2) is 0 Å². The lowest BCUT2D eigenvalue weighted by atomic mass is 9.99. The second-order valence-electron chi connectivity index (χ2n) is 6.07. The maximum absolute atomic E-state index is 12.2. The minimum Gasteiger partial charge on any atom is -0.323 e. The highest BCUT2D eigenvalue weighted by atomic mass is 19.4. The Morgan fingerprint density at radius 3 is 2.19 bits per heavy atom. The Balaban J connectivity index is 2.49. The van der Waals surface area contributed by atoms with Crippen LogP contribution in [0, 0.1) is 5.92 Å². The van der Waals surface area contributed by atoms with Gasteiger partial charge < -0.3 is 10.6 Å². The van der Waals surface area contributed by atoms with E-state index in [9.17, 15) is 13.2 Å². The van der Waals surface area contributed by atoms with Crippen LogP contribution in [-0.2, 0) is 6.42 Å². The molecular weight excluding hydrogens is 277 g/mol. The highest BCUT2D eigenvalue weighted by Crippen LogP contribution is 2.20. The molecule has 0 aliphatic heterocycles. The van der Waals surface area contributed by atoms with Gasteiger partial charge in [0.2, 0.25) is 0 Å². The van der Waals surface area contributed by atoms with Gasteiger partial charge >= 0.3 is 6.18 Å². The Bertz CT molecular complexity index is 413.